The van der Waals surface area contributed by atoms with Gasteiger partial charge in [0.25, 0.3) is 0 Å². The summed E-state index contributed by atoms with van der Waals surface area (Å²) in [6.45, 7) is 6.96. The van der Waals surface area contributed by atoms with Crippen molar-refractivity contribution in [3.8, 4) is 6.07 Å². The molecule has 1 aromatic heterocycles. The number of anilines is 1. The third kappa shape index (κ3) is 3.24. The summed E-state index contributed by atoms with van der Waals surface area (Å²) in [6.07, 6.45) is 8.63. The third-order valence-electron chi connectivity index (χ3n) is 6.36. The molecule has 1 heterocycles. The van der Waals surface area contributed by atoms with Crippen LogP contribution >= 0.6 is 11.3 Å². The van der Waals surface area contributed by atoms with E-state index in [1.165, 1.54) is 16.9 Å². The Hall–Kier alpha value is -1.34. The molecular formula is C20H28N2OS. The van der Waals surface area contributed by atoms with E-state index in [1.54, 1.807) is 11.3 Å². The van der Waals surface area contributed by atoms with E-state index in [1.807, 2.05) is 0 Å². The lowest BCUT2D eigenvalue weighted by Crippen LogP contribution is -2.28. The summed E-state index contributed by atoms with van der Waals surface area (Å²) in [7, 11) is 0. The number of amides is 1. The smallest absolute Gasteiger partial charge is 0.228 e. The number of nitrogens with zero attached hydrogens (tertiary/aromatic N) is 1. The first-order valence-electron chi connectivity index (χ1n) is 9.31. The summed E-state index contributed by atoms with van der Waals surface area (Å²) >= 11 is 1.65. The molecular weight excluding hydrogens is 316 g/mol. The zero-order chi connectivity index (χ0) is 17.3. The maximum atomic E-state index is 12.5. The van der Waals surface area contributed by atoms with Crippen molar-refractivity contribution in [3.63, 3.8) is 0 Å². The fourth-order valence-corrected chi connectivity index (χ4v) is 5.43. The topological polar surface area (TPSA) is 52.9 Å². The summed E-state index contributed by atoms with van der Waals surface area (Å²) in [6, 6.07) is 2.36. The lowest BCUT2D eigenvalue weighted by atomic mass is 9.69. The molecule has 1 N–H and O–H groups in total. The van der Waals surface area contributed by atoms with Gasteiger partial charge < -0.3 is 5.32 Å². The maximum Gasteiger partial charge on any atom is 0.228 e. The van der Waals surface area contributed by atoms with Gasteiger partial charge in [-0.2, -0.15) is 5.26 Å². The standard InChI is InChI=1S/C20H28N2OS/c1-4-20(2,3)14-9-10-15-16(12-21)19(24-17(15)11-14)22-18(23)13-7-5-6-8-13/h13-14H,4-11H2,1-3H3,(H,22,23). The van der Waals surface area contributed by atoms with Crippen LogP contribution in [0.3, 0.4) is 0 Å². The lowest BCUT2D eigenvalue weighted by molar-refractivity contribution is -0.119. The van der Waals surface area contributed by atoms with Crippen molar-refractivity contribution in [2.45, 2.75) is 72.1 Å². The highest BCUT2D eigenvalue weighted by atomic mass is 32.1. The van der Waals surface area contributed by atoms with Crippen LogP contribution in [-0.4, -0.2) is 5.91 Å². The van der Waals surface area contributed by atoms with Crippen LogP contribution < -0.4 is 5.32 Å². The molecule has 0 spiro atoms. The molecule has 0 radical (unpaired) electrons. The normalized spacial score (nSPS) is 21.3. The first-order chi connectivity index (χ1) is 11.5. The zero-order valence-electron chi connectivity index (χ0n) is 15.1. The number of carbonyl (C=O) groups excluding carboxylic acids is 1. The number of nitrogens with one attached hydrogen (secondary N) is 1. The molecule has 3 nitrogen and oxygen atoms in total. The molecule has 1 atom stereocenters. The summed E-state index contributed by atoms with van der Waals surface area (Å²) in [4.78, 5) is 13.8. The lowest BCUT2D eigenvalue weighted by Gasteiger charge is -2.36. The van der Waals surface area contributed by atoms with Gasteiger partial charge >= 0.3 is 0 Å². The van der Waals surface area contributed by atoms with Crippen LogP contribution in [-0.2, 0) is 17.6 Å². The van der Waals surface area contributed by atoms with E-state index in [0.717, 1.165) is 55.5 Å². The van der Waals surface area contributed by atoms with Gasteiger partial charge in [0.15, 0.2) is 0 Å². The van der Waals surface area contributed by atoms with Crippen molar-refractivity contribution in [3.05, 3.63) is 16.0 Å². The van der Waals surface area contributed by atoms with Crippen molar-refractivity contribution < 1.29 is 4.79 Å². The van der Waals surface area contributed by atoms with Crippen molar-refractivity contribution in [2.24, 2.45) is 17.3 Å². The molecule has 0 aliphatic heterocycles. The Bertz CT molecular complexity index is 662. The Morgan fingerprint density at radius 2 is 2.04 bits per heavy atom. The molecule has 1 saturated carbocycles. The SMILES string of the molecule is CCC(C)(C)C1CCc2c(sc(NC(=O)C3CCCC3)c2C#N)C1. The summed E-state index contributed by atoms with van der Waals surface area (Å²) in [5.41, 5.74) is 2.27. The average Bonchev–Trinajstić information content (AvgIpc) is 3.21. The molecule has 3 rings (SSSR count). The van der Waals surface area contributed by atoms with E-state index in [-0.39, 0.29) is 11.8 Å². The van der Waals surface area contributed by atoms with Gasteiger partial charge in [-0.05, 0) is 49.0 Å². The van der Waals surface area contributed by atoms with Crippen molar-refractivity contribution in [1.29, 1.82) is 5.26 Å². The molecule has 0 bridgehead atoms. The Kier molecular flexibility index (Phi) is 5.01. The molecule has 130 valence electrons. The molecule has 2 aliphatic carbocycles. The third-order valence-corrected chi connectivity index (χ3v) is 7.53. The van der Waals surface area contributed by atoms with E-state index in [9.17, 15) is 10.1 Å². The van der Waals surface area contributed by atoms with Gasteiger partial charge in [-0.15, -0.1) is 11.3 Å². The molecule has 0 saturated heterocycles. The van der Waals surface area contributed by atoms with E-state index < -0.39 is 0 Å². The van der Waals surface area contributed by atoms with Crippen molar-refractivity contribution >= 4 is 22.2 Å². The second-order valence-corrected chi connectivity index (χ2v) is 9.18. The minimum atomic E-state index is 0.119. The van der Waals surface area contributed by atoms with E-state index in [0.29, 0.717) is 11.3 Å². The predicted octanol–water partition coefficient (Wildman–Crippen LogP) is 5.29. The van der Waals surface area contributed by atoms with Gasteiger partial charge in [-0.1, -0.05) is 40.0 Å². The van der Waals surface area contributed by atoms with Crippen LogP contribution in [0.25, 0.3) is 0 Å². The van der Waals surface area contributed by atoms with Crippen molar-refractivity contribution in [1.82, 2.24) is 0 Å². The van der Waals surface area contributed by atoms with Gasteiger partial charge in [0.05, 0.1) is 5.56 Å². The van der Waals surface area contributed by atoms with Crippen LogP contribution in [0.15, 0.2) is 0 Å². The number of rotatable bonds is 4. The fraction of sp³-hybridized carbons (Fsp3) is 0.700. The van der Waals surface area contributed by atoms with Crippen LogP contribution in [0.1, 0.15) is 75.3 Å². The van der Waals surface area contributed by atoms with Gasteiger partial charge in [0.1, 0.15) is 11.1 Å². The monoisotopic (exact) mass is 344 g/mol. The Morgan fingerprint density at radius 1 is 1.33 bits per heavy atom. The highest BCUT2D eigenvalue weighted by molar-refractivity contribution is 7.16. The quantitative estimate of drug-likeness (QED) is 0.807. The van der Waals surface area contributed by atoms with Crippen LogP contribution in [0.4, 0.5) is 5.00 Å². The van der Waals surface area contributed by atoms with Crippen molar-refractivity contribution in [2.75, 3.05) is 5.32 Å². The maximum absolute atomic E-state index is 12.5. The average molecular weight is 345 g/mol. The highest BCUT2D eigenvalue weighted by Crippen LogP contribution is 2.45. The second kappa shape index (κ2) is 6.88. The second-order valence-electron chi connectivity index (χ2n) is 8.07. The Morgan fingerprint density at radius 3 is 2.67 bits per heavy atom. The molecule has 1 aromatic rings. The van der Waals surface area contributed by atoms with E-state index >= 15 is 0 Å². The fourth-order valence-electron chi connectivity index (χ4n) is 4.15. The number of hydrogen-bond donors (Lipinski definition) is 1. The molecule has 1 unspecified atom stereocenters. The van der Waals surface area contributed by atoms with Gasteiger partial charge in [-0.25, -0.2) is 0 Å². The van der Waals surface area contributed by atoms with Gasteiger partial charge in [-0.3, -0.25) is 4.79 Å². The predicted molar refractivity (Wildman–Crippen MR) is 99.2 cm³/mol. The van der Waals surface area contributed by atoms with E-state index in [4.69, 9.17) is 0 Å². The van der Waals surface area contributed by atoms with Gasteiger partial charge in [0.2, 0.25) is 5.91 Å². The molecule has 2 aliphatic rings. The van der Waals surface area contributed by atoms with Crippen LogP contribution in [0.5, 0.6) is 0 Å². The number of nitriles is 1. The molecule has 4 heteroatoms. The molecule has 1 fully saturated rings. The molecule has 24 heavy (non-hydrogen) atoms. The van der Waals surface area contributed by atoms with E-state index in [2.05, 4.69) is 32.2 Å². The number of carbonyl (C=O) groups is 1. The van der Waals surface area contributed by atoms with Gasteiger partial charge in [0, 0.05) is 10.8 Å². The molecule has 1 amide bonds. The first kappa shape index (κ1) is 17.5. The summed E-state index contributed by atoms with van der Waals surface area (Å²) < 4.78 is 0. The largest absolute Gasteiger partial charge is 0.316 e. The zero-order valence-corrected chi connectivity index (χ0v) is 15.9. The highest BCUT2D eigenvalue weighted by Gasteiger charge is 2.34. The number of hydrogen-bond acceptors (Lipinski definition) is 3. The summed E-state index contributed by atoms with van der Waals surface area (Å²) in [5.74, 6) is 0.925. The minimum absolute atomic E-state index is 0.119. The Labute approximate surface area is 149 Å². The van der Waals surface area contributed by atoms with Crippen LogP contribution in [0.2, 0.25) is 0 Å². The number of fused-ring (bicyclic) bond motifs is 1. The molecule has 0 aromatic carbocycles. The minimum Gasteiger partial charge on any atom is -0.316 e. The van der Waals surface area contributed by atoms with Crippen LogP contribution in [0, 0.1) is 28.6 Å². The first-order valence-corrected chi connectivity index (χ1v) is 10.1. The summed E-state index contributed by atoms with van der Waals surface area (Å²) in [5, 5.41) is 13.5. The Balaban J connectivity index is 1.81. The number of thiophene rings is 1.